The van der Waals surface area contributed by atoms with E-state index < -0.39 is 27.6 Å². The molecule has 2 rings (SSSR count). The fourth-order valence-corrected chi connectivity index (χ4v) is 4.30. The lowest BCUT2D eigenvalue weighted by atomic mass is 10.2. The first-order chi connectivity index (χ1) is 11.0. The van der Waals surface area contributed by atoms with Crippen molar-refractivity contribution in [2.45, 2.75) is 64.3 Å². The first kappa shape index (κ1) is 18.6. The molecule has 0 saturated carbocycles. The number of carbonyl (C=O) groups is 1. The summed E-state index contributed by atoms with van der Waals surface area (Å²) >= 11 is 0. The smallest absolute Gasteiger partial charge is 0.410 e. The molecule has 0 spiro atoms. The van der Waals surface area contributed by atoms with E-state index in [1.807, 2.05) is 0 Å². The van der Waals surface area contributed by atoms with Gasteiger partial charge in [0.05, 0.1) is 5.75 Å². The van der Waals surface area contributed by atoms with Gasteiger partial charge in [-0.1, -0.05) is 0 Å². The van der Waals surface area contributed by atoms with Crippen LogP contribution in [0.4, 0.5) is 4.79 Å². The van der Waals surface area contributed by atoms with E-state index in [1.54, 1.807) is 40.7 Å². The Morgan fingerprint density at radius 2 is 1.88 bits per heavy atom. The summed E-state index contributed by atoms with van der Waals surface area (Å²) in [6, 6.07) is 1.32. The molecular weight excluding hydrogens is 330 g/mol. The number of carbonyl (C=O) groups excluding carboxylic acids is 1. The molecule has 0 N–H and O–H groups in total. The molecule has 0 bridgehead atoms. The van der Waals surface area contributed by atoms with Gasteiger partial charge in [0, 0.05) is 24.0 Å². The zero-order valence-electron chi connectivity index (χ0n) is 14.9. The predicted molar refractivity (Wildman–Crippen MR) is 89.5 cm³/mol. The highest BCUT2D eigenvalue weighted by atomic mass is 32.2. The van der Waals surface area contributed by atoms with Gasteiger partial charge >= 0.3 is 6.09 Å². The van der Waals surface area contributed by atoms with Crippen molar-refractivity contribution in [1.29, 1.82) is 0 Å². The molecule has 7 nitrogen and oxygen atoms in total. The maximum absolute atomic E-state index is 12.6. The van der Waals surface area contributed by atoms with Crippen LogP contribution in [0.5, 0.6) is 0 Å². The van der Waals surface area contributed by atoms with E-state index in [2.05, 4.69) is 9.97 Å². The van der Waals surface area contributed by atoms with Crippen LogP contribution < -0.4 is 0 Å². The average molecular weight is 355 g/mol. The van der Waals surface area contributed by atoms with Crippen LogP contribution in [0.3, 0.4) is 0 Å². The molecule has 8 heteroatoms. The van der Waals surface area contributed by atoms with Gasteiger partial charge in [0.1, 0.15) is 5.60 Å². The maximum Gasteiger partial charge on any atom is 0.410 e. The second-order valence-electron chi connectivity index (χ2n) is 7.18. The molecule has 0 aliphatic carbocycles. The molecule has 1 atom stereocenters. The molecule has 2 heterocycles. The van der Waals surface area contributed by atoms with Gasteiger partial charge in [0.15, 0.2) is 0 Å². The van der Waals surface area contributed by atoms with Crippen molar-refractivity contribution in [1.82, 2.24) is 14.9 Å². The van der Waals surface area contributed by atoms with Crippen LogP contribution in [-0.4, -0.2) is 53.3 Å². The minimum absolute atomic E-state index is 0.170. The SMILES string of the molecule is Cc1cc(C)nc(S(=O)(=O)C[C@@H]2CCCN2C(=O)OC(C)(C)C)n1. The van der Waals surface area contributed by atoms with E-state index in [0.717, 1.165) is 6.42 Å². The van der Waals surface area contributed by atoms with Crippen LogP contribution >= 0.6 is 0 Å². The van der Waals surface area contributed by atoms with Crippen LogP contribution in [0.15, 0.2) is 11.2 Å². The lowest BCUT2D eigenvalue weighted by Crippen LogP contribution is -2.42. The quantitative estimate of drug-likeness (QED) is 0.773. The normalized spacial score (nSPS) is 18.7. The van der Waals surface area contributed by atoms with Gasteiger partial charge in [-0.05, 0) is 53.5 Å². The van der Waals surface area contributed by atoms with Crippen molar-refractivity contribution in [3.63, 3.8) is 0 Å². The van der Waals surface area contributed by atoms with E-state index >= 15 is 0 Å². The van der Waals surface area contributed by atoms with Crippen LogP contribution in [0, 0.1) is 13.8 Å². The van der Waals surface area contributed by atoms with Gasteiger partial charge in [-0.2, -0.15) is 0 Å². The molecule has 0 unspecified atom stereocenters. The second kappa shape index (κ2) is 6.66. The molecule has 1 saturated heterocycles. The number of ether oxygens (including phenoxy) is 1. The molecule has 0 aromatic carbocycles. The zero-order valence-corrected chi connectivity index (χ0v) is 15.7. The lowest BCUT2D eigenvalue weighted by Gasteiger charge is -2.28. The van der Waals surface area contributed by atoms with E-state index in [1.165, 1.54) is 4.90 Å². The number of hydrogen-bond donors (Lipinski definition) is 0. The van der Waals surface area contributed by atoms with Crippen molar-refractivity contribution < 1.29 is 17.9 Å². The number of sulfone groups is 1. The van der Waals surface area contributed by atoms with Crippen molar-refractivity contribution in [2.24, 2.45) is 0 Å². The highest BCUT2D eigenvalue weighted by Gasteiger charge is 2.36. The van der Waals surface area contributed by atoms with Crippen LogP contribution in [0.2, 0.25) is 0 Å². The molecule has 1 aliphatic heterocycles. The third kappa shape index (κ3) is 4.66. The van der Waals surface area contributed by atoms with Gasteiger partial charge in [0.25, 0.3) is 0 Å². The third-order valence-electron chi connectivity index (χ3n) is 3.66. The molecule has 0 radical (unpaired) electrons. The van der Waals surface area contributed by atoms with Crippen LogP contribution in [-0.2, 0) is 14.6 Å². The number of aryl methyl sites for hydroxylation is 2. The topological polar surface area (TPSA) is 89.5 Å². The highest BCUT2D eigenvalue weighted by molar-refractivity contribution is 7.91. The summed E-state index contributed by atoms with van der Waals surface area (Å²) in [5.74, 6) is -0.185. The highest BCUT2D eigenvalue weighted by Crippen LogP contribution is 2.23. The largest absolute Gasteiger partial charge is 0.444 e. The van der Waals surface area contributed by atoms with Crippen molar-refractivity contribution in [3.8, 4) is 0 Å². The fraction of sp³-hybridized carbons (Fsp3) is 0.688. The van der Waals surface area contributed by atoms with Crippen LogP contribution in [0.25, 0.3) is 0 Å². The Kier molecular flexibility index (Phi) is 5.17. The Hall–Kier alpha value is -1.70. The van der Waals surface area contributed by atoms with Crippen LogP contribution in [0.1, 0.15) is 45.0 Å². The molecule has 134 valence electrons. The number of nitrogens with zero attached hydrogens (tertiary/aromatic N) is 3. The number of aromatic nitrogens is 2. The first-order valence-corrected chi connectivity index (χ1v) is 9.68. The Morgan fingerprint density at radius 3 is 2.42 bits per heavy atom. The molecule has 1 fully saturated rings. The number of likely N-dealkylation sites (tertiary alicyclic amines) is 1. The third-order valence-corrected chi connectivity index (χ3v) is 5.22. The molecule has 1 aromatic rings. The summed E-state index contributed by atoms with van der Waals surface area (Å²) in [5, 5.41) is -0.170. The summed E-state index contributed by atoms with van der Waals surface area (Å²) in [5.41, 5.74) is 0.604. The van der Waals surface area contributed by atoms with Gasteiger partial charge in [-0.3, -0.25) is 0 Å². The second-order valence-corrected chi connectivity index (χ2v) is 9.11. The molecule has 1 amide bonds. The Morgan fingerprint density at radius 1 is 1.29 bits per heavy atom. The molecule has 1 aliphatic rings. The minimum atomic E-state index is -3.67. The fourth-order valence-electron chi connectivity index (χ4n) is 2.73. The van der Waals surface area contributed by atoms with Crippen molar-refractivity contribution in [2.75, 3.05) is 12.3 Å². The van der Waals surface area contributed by atoms with E-state index in [9.17, 15) is 13.2 Å². The summed E-state index contributed by atoms with van der Waals surface area (Å²) in [4.78, 5) is 21.9. The summed E-state index contributed by atoms with van der Waals surface area (Å²) in [6.45, 7) is 9.33. The van der Waals surface area contributed by atoms with Gasteiger partial charge < -0.3 is 9.64 Å². The van der Waals surface area contributed by atoms with E-state index in [4.69, 9.17) is 4.74 Å². The Bertz CT molecular complexity index is 705. The lowest BCUT2D eigenvalue weighted by molar-refractivity contribution is 0.0241. The Balaban J connectivity index is 2.17. The minimum Gasteiger partial charge on any atom is -0.444 e. The monoisotopic (exact) mass is 355 g/mol. The predicted octanol–water partition coefficient (Wildman–Crippen LogP) is 2.27. The number of amides is 1. The first-order valence-electron chi connectivity index (χ1n) is 8.02. The molecule has 24 heavy (non-hydrogen) atoms. The number of rotatable bonds is 3. The van der Waals surface area contributed by atoms with Gasteiger partial charge in [-0.25, -0.2) is 23.2 Å². The summed E-state index contributed by atoms with van der Waals surface area (Å²) in [7, 11) is -3.67. The Labute approximate surface area is 143 Å². The van der Waals surface area contributed by atoms with Gasteiger partial charge in [0.2, 0.25) is 15.0 Å². The average Bonchev–Trinajstić information content (AvgIpc) is 2.83. The van der Waals surface area contributed by atoms with E-state index in [-0.39, 0.29) is 10.9 Å². The molecule has 1 aromatic heterocycles. The summed E-state index contributed by atoms with van der Waals surface area (Å²) < 4.78 is 30.7. The van der Waals surface area contributed by atoms with Gasteiger partial charge in [-0.15, -0.1) is 0 Å². The zero-order chi connectivity index (χ0) is 18.1. The standard InChI is InChI=1S/C16H25N3O4S/c1-11-9-12(2)18-14(17-11)24(21,22)10-13-7-6-8-19(13)15(20)23-16(3,4)5/h9,13H,6-8,10H2,1-5H3/t13-/m0/s1. The van der Waals surface area contributed by atoms with Crippen molar-refractivity contribution >= 4 is 15.9 Å². The molecular formula is C16H25N3O4S. The number of hydrogen-bond acceptors (Lipinski definition) is 6. The van der Waals surface area contributed by atoms with Crippen molar-refractivity contribution in [3.05, 3.63) is 17.5 Å². The van der Waals surface area contributed by atoms with E-state index in [0.29, 0.717) is 24.4 Å². The summed E-state index contributed by atoms with van der Waals surface area (Å²) in [6.07, 6.45) is 0.915. The maximum atomic E-state index is 12.6.